The minimum atomic E-state index is -0.956. The molecule has 0 aromatic rings. The molecule has 1 radical (unpaired) electrons. The Balaban J connectivity index is 3.34. The van der Waals surface area contributed by atoms with Crippen LogP contribution in [0.3, 0.4) is 0 Å². The van der Waals surface area contributed by atoms with Crippen LogP contribution in [0.15, 0.2) is 0 Å². The van der Waals surface area contributed by atoms with Crippen LogP contribution < -0.4 is 11.5 Å². The van der Waals surface area contributed by atoms with Gasteiger partial charge in [0.2, 0.25) is 0 Å². The maximum atomic E-state index is 10.4. The minimum absolute atomic E-state index is 0.214. The normalized spacial score (nSPS) is 14.4. The predicted molar refractivity (Wildman–Crippen MR) is 71.2 cm³/mol. The fourth-order valence-corrected chi connectivity index (χ4v) is 3.19. The molecule has 0 fully saturated rings. The summed E-state index contributed by atoms with van der Waals surface area (Å²) in [6.45, 7) is 0. The Labute approximate surface area is 111 Å². The second-order valence-corrected chi connectivity index (χ2v) is 6.76. The van der Waals surface area contributed by atoms with Gasteiger partial charge in [-0.2, -0.15) is 0 Å². The van der Waals surface area contributed by atoms with Crippen molar-refractivity contribution in [1.82, 2.24) is 0 Å². The van der Waals surface area contributed by atoms with Crippen molar-refractivity contribution in [2.75, 3.05) is 11.5 Å². The van der Waals surface area contributed by atoms with E-state index < -0.39 is 12.0 Å². The van der Waals surface area contributed by atoms with Gasteiger partial charge < -0.3 is 0 Å². The van der Waals surface area contributed by atoms with Crippen LogP contribution in [0.1, 0.15) is 12.8 Å². The Morgan fingerprint density at radius 1 is 1.25 bits per heavy atom. The number of hydrogen-bond donors (Lipinski definition) is 4. The van der Waals surface area contributed by atoms with Crippen LogP contribution in [-0.4, -0.2) is 55.3 Å². The van der Waals surface area contributed by atoms with Crippen molar-refractivity contribution < 1.29 is 9.90 Å². The molecule has 0 bridgehead atoms. The molecule has 0 rings (SSSR count). The molecule has 0 saturated heterocycles. The summed E-state index contributed by atoms with van der Waals surface area (Å²) in [6, 6.07) is -0.983. The summed E-state index contributed by atoms with van der Waals surface area (Å²) >= 11 is 2.58. The van der Waals surface area contributed by atoms with Gasteiger partial charge in [0.1, 0.15) is 0 Å². The summed E-state index contributed by atoms with van der Waals surface area (Å²) in [5, 5.41) is 15.8. The van der Waals surface area contributed by atoms with Crippen molar-refractivity contribution in [2.45, 2.75) is 24.9 Å². The number of hydrogen-bond acceptors (Lipinski definition) is 6. The van der Waals surface area contributed by atoms with Crippen molar-refractivity contribution in [3.05, 3.63) is 0 Å². The van der Waals surface area contributed by atoms with Gasteiger partial charge in [-0.1, -0.05) is 0 Å². The Bertz CT molecular complexity index is 219. The summed E-state index contributed by atoms with van der Waals surface area (Å²) < 4.78 is 0.374. The molecule has 0 aromatic carbocycles. The fraction of sp³-hybridized carbons (Fsp3) is 0.750. The number of carbonyl (C=O) groups is 1. The van der Waals surface area contributed by atoms with E-state index in [2.05, 4.69) is 16.0 Å². The third-order valence-corrected chi connectivity index (χ3v) is 4.87. The molecule has 0 aliphatic rings. The zero-order valence-electron chi connectivity index (χ0n) is 8.72. The molecule has 93 valence electrons. The number of nitrogens with two attached hydrogens (primary N) is 2. The summed E-state index contributed by atoms with van der Waals surface area (Å²) in [7, 11) is 3.22. The molecule has 0 heterocycles. The number of carboxylic acid groups (broad SMARTS) is 1. The van der Waals surface area contributed by atoms with Crippen molar-refractivity contribution >= 4 is 48.2 Å². The molecule has 0 aromatic heterocycles. The molecule has 8 heteroatoms. The number of nitrogens with one attached hydrogen (secondary N) is 1. The van der Waals surface area contributed by atoms with Gasteiger partial charge in [0.15, 0.2) is 0 Å². The van der Waals surface area contributed by atoms with Gasteiger partial charge in [-0.3, -0.25) is 0 Å². The van der Waals surface area contributed by atoms with Crippen molar-refractivity contribution in [1.29, 1.82) is 5.41 Å². The van der Waals surface area contributed by atoms with Gasteiger partial charge in [-0.05, 0) is 0 Å². The topological polar surface area (TPSA) is 113 Å². The third kappa shape index (κ3) is 8.43. The molecule has 0 saturated carbocycles. The van der Waals surface area contributed by atoms with E-state index in [0.29, 0.717) is 16.8 Å². The van der Waals surface area contributed by atoms with Crippen molar-refractivity contribution in [3.8, 4) is 0 Å². The Hall–Kier alpha value is 0.279. The molecule has 0 unspecified atom stereocenters. The molecule has 0 spiro atoms. The predicted octanol–water partition coefficient (Wildman–Crippen LogP) is 0.0330. The zero-order valence-corrected chi connectivity index (χ0v) is 12.1. The van der Waals surface area contributed by atoms with Crippen molar-refractivity contribution in [3.63, 3.8) is 0 Å². The number of aliphatic carboxylic acids is 1. The van der Waals surface area contributed by atoms with E-state index in [1.165, 1.54) is 0 Å². The van der Waals surface area contributed by atoms with E-state index in [-0.39, 0.29) is 6.04 Å². The van der Waals surface area contributed by atoms with Crippen LogP contribution in [0.2, 0.25) is 0 Å². The molecular weight excluding hydrogens is 313 g/mol. The first-order valence-corrected chi connectivity index (χ1v) is 8.03. The number of carboxylic acids is 1. The van der Waals surface area contributed by atoms with Crippen LogP contribution in [0.5, 0.6) is 0 Å². The standard InChI is InChI=1S/C8H16N3O2S2Se/c9-5(7(11)16)1-3-14-15-4-2-6(10)8(12)13/h5-6,11H,1-4,9-10H2,(H,12,13)/t5-,6-/m0/s1. The Morgan fingerprint density at radius 2 is 1.69 bits per heavy atom. The van der Waals surface area contributed by atoms with Crippen LogP contribution in [-0.2, 0) is 4.79 Å². The fourth-order valence-electron chi connectivity index (χ4n) is 0.723. The first-order chi connectivity index (χ1) is 7.45. The first-order valence-electron chi connectivity index (χ1n) is 4.69. The zero-order chi connectivity index (χ0) is 12.6. The van der Waals surface area contributed by atoms with E-state index in [1.807, 2.05) is 0 Å². The quantitative estimate of drug-likeness (QED) is 0.205. The van der Waals surface area contributed by atoms with Gasteiger partial charge in [0, 0.05) is 0 Å². The average molecular weight is 329 g/mol. The van der Waals surface area contributed by atoms with Gasteiger partial charge in [-0.15, -0.1) is 0 Å². The summed E-state index contributed by atoms with van der Waals surface area (Å²) in [6.07, 6.45) is 1.21. The molecule has 0 aliphatic heterocycles. The van der Waals surface area contributed by atoms with Crippen LogP contribution in [0.4, 0.5) is 0 Å². The first kappa shape index (κ1) is 16.3. The average Bonchev–Trinajstić information content (AvgIpc) is 2.21. The number of rotatable bonds is 9. The molecule has 6 N–H and O–H groups in total. The van der Waals surface area contributed by atoms with Crippen LogP contribution >= 0.6 is 21.6 Å². The van der Waals surface area contributed by atoms with E-state index in [1.54, 1.807) is 21.6 Å². The molecule has 2 atom stereocenters. The summed E-state index contributed by atoms with van der Waals surface area (Å²) in [5.74, 6) is 0.601. The van der Waals surface area contributed by atoms with E-state index in [4.69, 9.17) is 22.0 Å². The Morgan fingerprint density at radius 3 is 2.06 bits per heavy atom. The monoisotopic (exact) mass is 330 g/mol. The second kappa shape index (κ2) is 9.32. The third-order valence-electron chi connectivity index (χ3n) is 1.76. The molecule has 16 heavy (non-hydrogen) atoms. The molecule has 0 aliphatic carbocycles. The molecule has 0 amide bonds. The second-order valence-electron chi connectivity index (χ2n) is 3.14. The van der Waals surface area contributed by atoms with Crippen LogP contribution in [0, 0.1) is 5.41 Å². The van der Waals surface area contributed by atoms with Crippen LogP contribution in [0.25, 0.3) is 0 Å². The van der Waals surface area contributed by atoms with E-state index >= 15 is 0 Å². The van der Waals surface area contributed by atoms with Gasteiger partial charge in [0.05, 0.1) is 0 Å². The van der Waals surface area contributed by atoms with Gasteiger partial charge >= 0.3 is 111 Å². The summed E-state index contributed by atoms with van der Waals surface area (Å²) in [4.78, 5) is 10.4. The van der Waals surface area contributed by atoms with E-state index in [0.717, 1.165) is 12.2 Å². The van der Waals surface area contributed by atoms with Gasteiger partial charge in [0.25, 0.3) is 0 Å². The SMILES string of the molecule is N=C([Se])[C@@H](N)CCSSCC[C@H](N)C(=O)O. The van der Waals surface area contributed by atoms with Crippen molar-refractivity contribution in [2.24, 2.45) is 11.5 Å². The molecule has 5 nitrogen and oxygen atoms in total. The Kier molecular flexibility index (Phi) is 9.49. The van der Waals surface area contributed by atoms with Gasteiger partial charge in [-0.25, -0.2) is 0 Å². The maximum absolute atomic E-state index is 10.4. The van der Waals surface area contributed by atoms with E-state index in [9.17, 15) is 4.79 Å². The summed E-state index contributed by atoms with van der Waals surface area (Å²) in [5.41, 5.74) is 11.0. The molecular formula is C8H16N3O2S2Se.